The van der Waals surface area contributed by atoms with Gasteiger partial charge in [-0.2, -0.15) is 5.26 Å². The Bertz CT molecular complexity index is 4250. The van der Waals surface area contributed by atoms with E-state index in [9.17, 15) is 29.2 Å². The van der Waals surface area contributed by atoms with Crippen LogP contribution in [0.3, 0.4) is 0 Å². The third-order valence-electron chi connectivity index (χ3n) is 39.3. The van der Waals surface area contributed by atoms with Crippen molar-refractivity contribution in [2.24, 2.45) is 176 Å². The lowest BCUT2D eigenvalue weighted by Crippen LogP contribution is -2.66. The number of primary amides is 1. The van der Waals surface area contributed by atoms with E-state index < -0.39 is 30.9 Å². The highest BCUT2D eigenvalue weighted by molar-refractivity contribution is 8.26. The third-order valence-corrected chi connectivity index (χ3v) is 39.6. The molecule has 0 aliphatic heterocycles. The molecule has 16 heteroatoms. The molecule has 0 bridgehead atoms. The number of amides is 1. The second kappa shape index (κ2) is 30.7. The Morgan fingerprint density at radius 3 is 1.00 bits per heavy atom. The van der Waals surface area contributed by atoms with Gasteiger partial charge in [-0.25, -0.2) is 18.7 Å². The van der Waals surface area contributed by atoms with E-state index in [2.05, 4.69) is 205 Å². The predicted octanol–water partition coefficient (Wildman–Crippen LogP) is 25.4. The second-order valence-electron chi connectivity index (χ2n) is 43.8. The van der Waals surface area contributed by atoms with Crippen LogP contribution in [0.1, 0.15) is 279 Å². The molecule has 0 unspecified atom stereocenters. The van der Waals surface area contributed by atoms with Crippen molar-refractivity contribution in [3.8, 4) is 6.07 Å². The maximum absolute atomic E-state index is 13.2. The summed E-state index contributed by atoms with van der Waals surface area (Å²) in [7, 11) is 7.36. The number of ketones is 3. The standard InChI is InChI=1S/C31H42ClNO2.C31H44N2O2.C31H42N2O.C6H6.Cl2OS.H3N/c2*1-18(2)19-11-14-31(26(32)35)16-15-29(6)20(24(19)31)9-10-23-28(5)17-21(33-8)25(34)27(3,4)22(28)12-13-30(23,29)7;1-19(2)20-11-14-31(18-32)16-15-29(6)21(25(20)31)9-10-24-28(5)17-22(33-8)26(34)27(3,4)23(28)12-13-30(24,29)7;1-2-4-6-5-3-1;1-4(2)3;/h17,19-20,22-24H,1,9-16H2,2-7H3;17,19-20,22-24H,1,9-16H2,2-7H3,(H2,32,35);17,20-21,23-25H,1,9-16H2,2-7H3;1-6H;;1H3/t2*19-,20+,22-,23+,24+,28-,29+,30+,31-;20-,21+,23-,24+,25+,28-,29+,30+,31+;;;/m000.../s1. The van der Waals surface area contributed by atoms with Crippen LogP contribution in [0.4, 0.5) is 0 Å². The summed E-state index contributed by atoms with van der Waals surface area (Å²) in [6, 6.07) is 14.9. The van der Waals surface area contributed by atoms with Crippen LogP contribution < -0.4 is 11.9 Å². The zero-order chi connectivity index (χ0) is 84.3. The van der Waals surface area contributed by atoms with Crippen molar-refractivity contribution in [3.05, 3.63) is 142 Å². The number of benzene rings is 1. The van der Waals surface area contributed by atoms with Gasteiger partial charge in [0.25, 0.3) is 0 Å². The quantitative estimate of drug-likeness (QED) is 0.165. The lowest BCUT2D eigenvalue weighted by Gasteiger charge is -2.71. The Balaban J connectivity index is 0.000000159. The third kappa shape index (κ3) is 12.9. The van der Waals surface area contributed by atoms with Crippen LogP contribution in [-0.4, -0.2) is 32.7 Å². The monoisotopic (exact) mass is 1640 g/mol. The van der Waals surface area contributed by atoms with Crippen molar-refractivity contribution in [2.45, 2.75) is 279 Å². The maximum Gasteiger partial charge on any atom is 0.228 e. The first-order chi connectivity index (χ1) is 53.0. The molecule has 0 spiro atoms. The molecule has 16 rings (SSSR count). The highest BCUT2D eigenvalue weighted by Crippen LogP contribution is 2.82. The minimum atomic E-state index is -1.67. The van der Waals surface area contributed by atoms with Gasteiger partial charge in [0, 0.05) is 43.0 Å². The molecule has 27 atom stereocenters. The molecule has 1 amide bonds. The Kier molecular flexibility index (Phi) is 24.2. The lowest BCUT2D eigenvalue weighted by atomic mass is 9.33. The van der Waals surface area contributed by atoms with Crippen LogP contribution in [0.2, 0.25) is 0 Å². The maximum atomic E-state index is 13.2. The average Bonchev–Trinajstić information content (AvgIpc) is 1.63. The molecule has 5 N–H and O–H groups in total. The molecule has 1 aromatic rings. The van der Waals surface area contributed by atoms with Crippen molar-refractivity contribution in [1.29, 1.82) is 5.26 Å². The molecule has 0 aromatic heterocycles. The fraction of sp³-hybridized carbons (Fsp3) is 0.727. The van der Waals surface area contributed by atoms with E-state index in [-0.39, 0.29) is 118 Å². The van der Waals surface area contributed by atoms with E-state index in [1.54, 1.807) is 0 Å². The van der Waals surface area contributed by atoms with Gasteiger partial charge in [-0.1, -0.05) is 195 Å². The van der Waals surface area contributed by atoms with E-state index in [0.717, 1.165) is 154 Å². The summed E-state index contributed by atoms with van der Waals surface area (Å²) in [5.41, 5.74) is 8.71. The Morgan fingerprint density at radius 1 is 0.426 bits per heavy atom. The fourth-order valence-corrected chi connectivity index (χ4v) is 33.8. The molecule has 0 saturated heterocycles. The van der Waals surface area contributed by atoms with Gasteiger partial charge in [-0.05, 0) is 324 Å². The number of nitrogens with zero attached hydrogens (tertiary/aromatic N) is 4. The molecule has 0 radical (unpaired) electrons. The van der Waals surface area contributed by atoms with Crippen molar-refractivity contribution in [2.75, 3.05) is 0 Å². The smallest absolute Gasteiger partial charge is 0.228 e. The van der Waals surface area contributed by atoms with Gasteiger partial charge in [-0.3, -0.25) is 9.59 Å². The number of halogens is 3. The zero-order valence-corrected chi connectivity index (χ0v) is 76.1. The van der Waals surface area contributed by atoms with Gasteiger partial charge in [-0.15, -0.1) is 0 Å². The number of rotatable bonds is 5. The van der Waals surface area contributed by atoms with Crippen LogP contribution in [0.15, 0.2) is 108 Å². The summed E-state index contributed by atoms with van der Waals surface area (Å²) in [4.78, 5) is 76.7. The normalized spacial score (nSPS) is 46.3. The van der Waals surface area contributed by atoms with Gasteiger partial charge < -0.3 is 26.3 Å². The van der Waals surface area contributed by atoms with Gasteiger partial charge in [0.05, 0.1) is 36.6 Å². The summed E-state index contributed by atoms with van der Waals surface area (Å²) in [5, 5.41) is 10.3. The van der Waals surface area contributed by atoms with E-state index >= 15 is 0 Å². The summed E-state index contributed by atoms with van der Waals surface area (Å²) >= 11 is 6.42. The molecule has 15 aliphatic carbocycles. The minimum absolute atomic E-state index is 0. The number of nitriles is 1. The minimum Gasteiger partial charge on any atom is -0.369 e. The molecule has 15 aliphatic rings. The highest BCUT2D eigenvalue weighted by Gasteiger charge is 2.76. The molecule has 115 heavy (non-hydrogen) atoms. The number of carbonyl (C=O) groups is 5. The van der Waals surface area contributed by atoms with E-state index in [1.165, 1.54) is 16.7 Å². The number of allylic oxidation sites excluding steroid dienone is 9. The Hall–Kier alpha value is -5.25. The van der Waals surface area contributed by atoms with Crippen molar-refractivity contribution in [3.63, 3.8) is 0 Å². The van der Waals surface area contributed by atoms with Crippen LogP contribution in [0.25, 0.3) is 14.5 Å². The van der Waals surface area contributed by atoms with E-state index in [0.29, 0.717) is 82.2 Å². The van der Waals surface area contributed by atoms with Gasteiger partial charge in [0.1, 0.15) is 0 Å². The SMILES string of the molecule is N.O=S(Cl)Cl.[C-]#[N+]C1=C[C@]2(C)[C@H]3CC[C@@H]4[C@H]5[C@H](C(=C)C)CC[C@]5(C#N)CC[C@@]4(C)[C@]3(C)CC[C@H]2C(C)(C)C1=O.[C-]#[N+]C1=C[C@]2(C)[C@H]3CC[C@@H]4[C@H]5[C@H](C(=C)C)CC[C@]5(C(=O)Cl)CC[C@@]4(C)[C@]3(C)CC[C@H]2C(C)(C)C1=O.[C-]#[N+]C1=C[C@]2(C)[C@H]3CC[C@@H]4[C@H]5[C@H](C(=C)C)CC[C@]5(C(N)=O)CC[C@@]4(C)[C@]3(C)CC[C@H]2C(C)(C)C1=O.c1ccccc1. The van der Waals surface area contributed by atoms with E-state index in [1.807, 2.05) is 36.4 Å². The zero-order valence-electron chi connectivity index (χ0n) is 73.0. The topological polar surface area (TPSA) is 200 Å². The first kappa shape index (κ1) is 90.5. The number of hydrogen-bond acceptors (Lipinski definition) is 8. The van der Waals surface area contributed by atoms with Gasteiger partial charge in [0.15, 0.2) is 17.3 Å². The number of carbonyl (C=O) groups excluding carboxylic acids is 5. The Labute approximate surface area is 708 Å². The summed E-state index contributed by atoms with van der Waals surface area (Å²) < 4.78 is 9.09. The van der Waals surface area contributed by atoms with Crippen LogP contribution in [-0.2, 0) is 33.2 Å². The molecule has 626 valence electrons. The number of hydrogen-bond donors (Lipinski definition) is 2. The predicted molar refractivity (Wildman–Crippen MR) is 465 cm³/mol. The van der Waals surface area contributed by atoms with Gasteiger partial charge >= 0.3 is 0 Å². The largest absolute Gasteiger partial charge is 0.369 e. The first-order valence-corrected chi connectivity index (χ1v) is 46.7. The highest BCUT2D eigenvalue weighted by atomic mass is 36.0. The van der Waals surface area contributed by atoms with Crippen molar-refractivity contribution >= 4 is 70.7 Å². The molecule has 12 nitrogen and oxygen atoms in total. The molecular weight excluding hydrogens is 1510 g/mol. The molecule has 1 aromatic carbocycles. The number of nitrogens with two attached hydrogens (primary N) is 1. The Morgan fingerprint density at radius 2 is 0.704 bits per heavy atom. The second-order valence-corrected chi connectivity index (χ2v) is 46.6. The van der Waals surface area contributed by atoms with Crippen molar-refractivity contribution in [1.82, 2.24) is 6.15 Å². The number of Topliss-reactive ketones (excluding diaryl/α,β-unsaturated/α-hetero) is 3. The van der Waals surface area contributed by atoms with Crippen LogP contribution in [0, 0.1) is 201 Å². The molecule has 12 fully saturated rings. The fourth-order valence-electron chi connectivity index (χ4n) is 33.5. The van der Waals surface area contributed by atoms with E-state index in [4.69, 9.17) is 41.3 Å². The molecule has 12 saturated carbocycles. The van der Waals surface area contributed by atoms with Crippen LogP contribution >= 0.6 is 33.0 Å². The van der Waals surface area contributed by atoms with Gasteiger partial charge in [0.2, 0.25) is 37.5 Å². The summed E-state index contributed by atoms with van der Waals surface area (Å²) in [5.74, 6) is 5.77. The van der Waals surface area contributed by atoms with Crippen LogP contribution in [0.5, 0.6) is 0 Å². The first-order valence-electron chi connectivity index (χ1n) is 43.5. The van der Waals surface area contributed by atoms with Crippen molar-refractivity contribution < 1.29 is 28.2 Å². The lowest BCUT2D eigenvalue weighted by molar-refractivity contribution is -0.217. The average molecular weight is 1650 g/mol. The molecular formula is C99H137Cl3N6O6S. The molecule has 0 heterocycles. The summed E-state index contributed by atoms with van der Waals surface area (Å²) in [6.07, 6.45) is 31.4. The number of fused-ring (bicyclic) bond motifs is 21. The summed E-state index contributed by atoms with van der Waals surface area (Å²) in [6.45, 7) is 77.5.